The molecule has 1 aliphatic carbocycles. The Balaban J connectivity index is 0.000000558. The average Bonchev–Trinajstić information content (AvgIpc) is 2.83. The Morgan fingerprint density at radius 1 is 1.06 bits per heavy atom. The second-order valence-electron chi connectivity index (χ2n) is 9.62. The van der Waals surface area contributed by atoms with Gasteiger partial charge in [0.25, 0.3) is 0 Å². The van der Waals surface area contributed by atoms with Gasteiger partial charge in [-0.05, 0) is 81.8 Å². The van der Waals surface area contributed by atoms with Gasteiger partial charge in [-0.3, -0.25) is 0 Å². The Bertz CT molecular complexity index is 876. The molecule has 0 radical (unpaired) electrons. The fraction of sp³-hybridized carbons (Fsp3) is 0.571. The standard InChI is InChI=1S/C22H33F4NO2.C6H5F/c1-15(2)29-21-7-6-19(22(24,25)26)12-20(21)18(14-28)11-16-4-3-5-17(10-16)13-27-9-8-23;7-6-4-2-1-3-5-6/h6-7,12,15-18,27-28H,3-5,8-11,13-14H2,1-2H3;1-5H/t16-,17+,18-;/m1./s1. The molecule has 0 heterocycles. The molecule has 0 bridgehead atoms. The first-order valence-corrected chi connectivity index (χ1v) is 12.6. The smallest absolute Gasteiger partial charge is 0.416 e. The topological polar surface area (TPSA) is 41.5 Å². The van der Waals surface area contributed by atoms with Crippen LogP contribution in [-0.2, 0) is 6.18 Å². The summed E-state index contributed by atoms with van der Waals surface area (Å²) in [6.07, 6.45) is 0.0538. The molecule has 202 valence electrons. The second kappa shape index (κ2) is 15.2. The van der Waals surface area contributed by atoms with Gasteiger partial charge in [-0.1, -0.05) is 31.0 Å². The number of aliphatic hydroxyl groups excluding tert-OH is 1. The third-order valence-corrected chi connectivity index (χ3v) is 6.31. The number of nitrogens with one attached hydrogen (secondary N) is 1. The maximum absolute atomic E-state index is 13.2. The van der Waals surface area contributed by atoms with E-state index in [1.165, 1.54) is 18.2 Å². The monoisotopic (exact) mass is 515 g/mol. The molecule has 36 heavy (non-hydrogen) atoms. The number of rotatable bonds is 10. The van der Waals surface area contributed by atoms with Crippen LogP contribution in [-0.4, -0.2) is 37.6 Å². The van der Waals surface area contributed by atoms with Crippen molar-refractivity contribution in [2.75, 3.05) is 26.4 Å². The number of aliphatic hydroxyl groups is 1. The Morgan fingerprint density at radius 2 is 1.75 bits per heavy atom. The third-order valence-electron chi connectivity index (χ3n) is 6.31. The first kappa shape index (κ1) is 30.0. The summed E-state index contributed by atoms with van der Waals surface area (Å²) in [4.78, 5) is 0. The van der Waals surface area contributed by atoms with E-state index < -0.39 is 24.3 Å². The Kier molecular flexibility index (Phi) is 12.6. The molecule has 3 rings (SSSR count). The number of alkyl halides is 4. The van der Waals surface area contributed by atoms with E-state index in [1.807, 2.05) is 13.8 Å². The predicted molar refractivity (Wildman–Crippen MR) is 132 cm³/mol. The van der Waals surface area contributed by atoms with Gasteiger partial charge in [0.1, 0.15) is 18.2 Å². The molecule has 0 saturated heterocycles. The summed E-state index contributed by atoms with van der Waals surface area (Å²) in [5, 5.41) is 13.1. The highest BCUT2D eigenvalue weighted by Crippen LogP contribution is 2.40. The van der Waals surface area contributed by atoms with E-state index in [0.717, 1.165) is 44.4 Å². The lowest BCUT2D eigenvalue weighted by Crippen LogP contribution is -2.29. The summed E-state index contributed by atoms with van der Waals surface area (Å²) in [6, 6.07) is 11.5. The normalized spacial score (nSPS) is 18.9. The van der Waals surface area contributed by atoms with Crippen LogP contribution < -0.4 is 10.1 Å². The van der Waals surface area contributed by atoms with Crippen molar-refractivity contribution >= 4 is 0 Å². The fourth-order valence-corrected chi connectivity index (χ4v) is 4.70. The van der Waals surface area contributed by atoms with Crippen LogP contribution in [0.4, 0.5) is 22.0 Å². The van der Waals surface area contributed by atoms with Gasteiger partial charge < -0.3 is 15.2 Å². The summed E-state index contributed by atoms with van der Waals surface area (Å²) in [6.45, 7) is 4.14. The molecule has 0 unspecified atom stereocenters. The maximum atomic E-state index is 13.2. The largest absolute Gasteiger partial charge is 0.491 e. The summed E-state index contributed by atoms with van der Waals surface area (Å²) >= 11 is 0. The molecule has 0 spiro atoms. The van der Waals surface area contributed by atoms with E-state index in [4.69, 9.17) is 4.74 Å². The second-order valence-corrected chi connectivity index (χ2v) is 9.62. The van der Waals surface area contributed by atoms with E-state index in [2.05, 4.69) is 5.32 Å². The Labute approximate surface area is 211 Å². The lowest BCUT2D eigenvalue weighted by Gasteiger charge is -2.32. The summed E-state index contributed by atoms with van der Waals surface area (Å²) in [5.74, 6) is 0.576. The molecule has 2 N–H and O–H groups in total. The summed E-state index contributed by atoms with van der Waals surface area (Å²) in [5.41, 5.74) is -0.298. The molecule has 1 saturated carbocycles. The van der Waals surface area contributed by atoms with Gasteiger partial charge in [0.2, 0.25) is 0 Å². The molecule has 0 aliphatic heterocycles. The molecule has 1 aliphatic rings. The lowest BCUT2D eigenvalue weighted by atomic mass is 9.76. The van der Waals surface area contributed by atoms with Crippen molar-refractivity contribution < 1.29 is 31.8 Å². The lowest BCUT2D eigenvalue weighted by molar-refractivity contribution is -0.137. The zero-order valence-electron chi connectivity index (χ0n) is 21.0. The van der Waals surface area contributed by atoms with E-state index in [-0.39, 0.29) is 18.5 Å². The summed E-state index contributed by atoms with van der Waals surface area (Å²) in [7, 11) is 0. The molecular formula is C28H38F5NO2. The highest BCUT2D eigenvalue weighted by Gasteiger charge is 2.33. The van der Waals surface area contributed by atoms with Crippen LogP contribution in [0.2, 0.25) is 0 Å². The fourth-order valence-electron chi connectivity index (χ4n) is 4.70. The molecule has 8 heteroatoms. The number of halogens is 5. The molecule has 1 fully saturated rings. The summed E-state index contributed by atoms with van der Waals surface area (Å²) < 4.78 is 69.7. The van der Waals surface area contributed by atoms with Crippen LogP contribution >= 0.6 is 0 Å². The van der Waals surface area contributed by atoms with E-state index in [9.17, 15) is 27.1 Å². The quantitative estimate of drug-likeness (QED) is 0.261. The third kappa shape index (κ3) is 10.4. The van der Waals surface area contributed by atoms with E-state index in [1.54, 1.807) is 18.2 Å². The van der Waals surface area contributed by atoms with Crippen molar-refractivity contribution in [1.82, 2.24) is 5.32 Å². The van der Waals surface area contributed by atoms with Crippen LogP contribution in [0.25, 0.3) is 0 Å². The molecule has 0 amide bonds. The highest BCUT2D eigenvalue weighted by molar-refractivity contribution is 5.41. The maximum Gasteiger partial charge on any atom is 0.416 e. The van der Waals surface area contributed by atoms with Crippen LogP contribution in [0.3, 0.4) is 0 Å². The zero-order valence-corrected chi connectivity index (χ0v) is 21.0. The van der Waals surface area contributed by atoms with Gasteiger partial charge in [-0.15, -0.1) is 0 Å². The minimum Gasteiger partial charge on any atom is -0.491 e. The van der Waals surface area contributed by atoms with Crippen LogP contribution in [0.5, 0.6) is 5.75 Å². The molecular weight excluding hydrogens is 477 g/mol. The molecule has 0 aromatic heterocycles. The van der Waals surface area contributed by atoms with Crippen molar-refractivity contribution in [3.63, 3.8) is 0 Å². The van der Waals surface area contributed by atoms with Gasteiger partial charge in [0.15, 0.2) is 0 Å². The SMILES string of the molecule is CC(C)Oc1ccc(C(F)(F)F)cc1[C@@H](CO)C[C@@H]1CCC[C@H](CNCCF)C1.Fc1ccccc1. The minimum absolute atomic E-state index is 0.175. The number of hydrogen-bond donors (Lipinski definition) is 2. The van der Waals surface area contributed by atoms with Crippen LogP contribution in [0, 0.1) is 17.7 Å². The van der Waals surface area contributed by atoms with Crippen molar-refractivity contribution in [3.05, 3.63) is 65.5 Å². The molecule has 2 aromatic rings. The van der Waals surface area contributed by atoms with Crippen molar-refractivity contribution in [3.8, 4) is 5.75 Å². The molecule has 3 atom stereocenters. The number of benzene rings is 2. The van der Waals surface area contributed by atoms with Crippen molar-refractivity contribution in [2.45, 2.75) is 64.1 Å². The first-order valence-electron chi connectivity index (χ1n) is 12.6. The van der Waals surface area contributed by atoms with Gasteiger partial charge in [0.05, 0.1) is 18.3 Å². The zero-order chi connectivity index (χ0) is 26.6. The van der Waals surface area contributed by atoms with Gasteiger partial charge in [-0.25, -0.2) is 8.78 Å². The van der Waals surface area contributed by atoms with Gasteiger partial charge >= 0.3 is 6.18 Å². The number of ether oxygens (including phenoxy) is 1. The molecule has 2 aromatic carbocycles. The van der Waals surface area contributed by atoms with Gasteiger partial charge in [0, 0.05) is 18.0 Å². The minimum atomic E-state index is -4.44. The average molecular weight is 516 g/mol. The highest BCUT2D eigenvalue weighted by atomic mass is 19.4. The van der Waals surface area contributed by atoms with Crippen LogP contribution in [0.1, 0.15) is 63.0 Å². The van der Waals surface area contributed by atoms with Crippen LogP contribution in [0.15, 0.2) is 48.5 Å². The van der Waals surface area contributed by atoms with E-state index in [0.29, 0.717) is 36.1 Å². The first-order chi connectivity index (χ1) is 17.1. The van der Waals surface area contributed by atoms with Crippen molar-refractivity contribution in [2.24, 2.45) is 11.8 Å². The predicted octanol–water partition coefficient (Wildman–Crippen LogP) is 7.15. The van der Waals surface area contributed by atoms with E-state index >= 15 is 0 Å². The molecule has 3 nitrogen and oxygen atoms in total. The van der Waals surface area contributed by atoms with Crippen molar-refractivity contribution in [1.29, 1.82) is 0 Å². The Morgan fingerprint density at radius 3 is 2.31 bits per heavy atom. The Hall–Kier alpha value is -2.19. The van der Waals surface area contributed by atoms with Gasteiger partial charge in [-0.2, -0.15) is 13.2 Å². The number of hydrogen-bond acceptors (Lipinski definition) is 3.